The summed E-state index contributed by atoms with van der Waals surface area (Å²) in [5.74, 6) is -0.838. The zero-order chi connectivity index (χ0) is 22.1. The molecule has 1 fully saturated rings. The monoisotopic (exact) mass is 449 g/mol. The minimum atomic E-state index is -1.05. The van der Waals surface area contributed by atoms with Crippen LogP contribution in [0.1, 0.15) is 64.9 Å². The number of thiocarbonyl (C=S) groups is 1. The van der Waals surface area contributed by atoms with Gasteiger partial charge in [-0.1, -0.05) is 89.0 Å². The molecule has 1 N–H and O–H groups in total. The van der Waals surface area contributed by atoms with Gasteiger partial charge in [0, 0.05) is 0 Å². The maximum Gasteiger partial charge on any atom is 0.327 e. The standard InChI is InChI=1S/C23H31NO4S2/c1-4-5-6-7-8-9-14-28-18-12-10-17(11-13-18)15-19-21(25)24(23(29)30-19)20(16(2)3)22(26)27/h10-13,15-16,20H,4-9,14H2,1-3H3,(H,26,27)/b19-15+. The summed E-state index contributed by atoms with van der Waals surface area (Å²) >= 11 is 6.43. The summed E-state index contributed by atoms with van der Waals surface area (Å²) in [6.07, 6.45) is 9.09. The molecular formula is C23H31NO4S2. The molecule has 1 atom stereocenters. The number of benzene rings is 1. The zero-order valence-electron chi connectivity index (χ0n) is 17.9. The SMILES string of the molecule is CCCCCCCCOc1ccc(/C=C2/SC(=S)N(C(C(=O)O)C(C)C)C2=O)cc1. The lowest BCUT2D eigenvalue weighted by Gasteiger charge is -2.26. The average Bonchev–Trinajstić information content (AvgIpc) is 2.96. The van der Waals surface area contributed by atoms with Gasteiger partial charge < -0.3 is 9.84 Å². The molecule has 1 amide bonds. The number of carboxylic acids is 1. The van der Waals surface area contributed by atoms with E-state index in [1.54, 1.807) is 19.9 Å². The van der Waals surface area contributed by atoms with Gasteiger partial charge in [0.2, 0.25) is 0 Å². The van der Waals surface area contributed by atoms with Gasteiger partial charge in [0.1, 0.15) is 16.1 Å². The minimum absolute atomic E-state index is 0.243. The van der Waals surface area contributed by atoms with Crippen LogP contribution < -0.4 is 4.74 Å². The maximum absolute atomic E-state index is 12.8. The van der Waals surface area contributed by atoms with Crippen LogP contribution in [0.5, 0.6) is 5.75 Å². The maximum atomic E-state index is 12.8. The van der Waals surface area contributed by atoms with Gasteiger partial charge in [-0.05, 0) is 36.1 Å². The number of carbonyl (C=O) groups is 2. The van der Waals surface area contributed by atoms with E-state index < -0.39 is 12.0 Å². The van der Waals surface area contributed by atoms with Crippen molar-refractivity contribution in [1.82, 2.24) is 4.90 Å². The van der Waals surface area contributed by atoms with Gasteiger partial charge in [-0.3, -0.25) is 9.69 Å². The van der Waals surface area contributed by atoms with E-state index in [1.807, 2.05) is 24.3 Å². The van der Waals surface area contributed by atoms with E-state index in [9.17, 15) is 14.7 Å². The fourth-order valence-corrected chi connectivity index (χ4v) is 4.63. The molecule has 0 aliphatic carbocycles. The molecule has 2 rings (SSSR count). The number of aliphatic carboxylic acids is 1. The molecule has 1 unspecified atom stereocenters. The molecule has 0 saturated carbocycles. The van der Waals surface area contributed by atoms with Crippen LogP contribution in [0.4, 0.5) is 0 Å². The fourth-order valence-electron chi connectivity index (χ4n) is 3.30. The van der Waals surface area contributed by atoms with Crippen LogP contribution in [0.25, 0.3) is 6.08 Å². The third kappa shape index (κ3) is 6.84. The molecule has 0 radical (unpaired) electrons. The van der Waals surface area contributed by atoms with Crippen molar-refractivity contribution in [1.29, 1.82) is 0 Å². The van der Waals surface area contributed by atoms with E-state index >= 15 is 0 Å². The largest absolute Gasteiger partial charge is 0.494 e. The summed E-state index contributed by atoms with van der Waals surface area (Å²) in [6, 6.07) is 6.59. The number of unbranched alkanes of at least 4 members (excludes halogenated alkanes) is 5. The van der Waals surface area contributed by atoms with Crippen molar-refractivity contribution in [2.24, 2.45) is 5.92 Å². The Morgan fingerprint density at radius 1 is 1.17 bits per heavy atom. The molecule has 1 aromatic carbocycles. The quantitative estimate of drug-likeness (QED) is 0.249. The predicted octanol–water partition coefficient (Wildman–Crippen LogP) is 5.74. The molecule has 1 aliphatic heterocycles. The highest BCUT2D eigenvalue weighted by Gasteiger charge is 2.41. The summed E-state index contributed by atoms with van der Waals surface area (Å²) in [4.78, 5) is 26.0. The lowest BCUT2D eigenvalue weighted by Crippen LogP contribution is -2.47. The van der Waals surface area contributed by atoms with Crippen LogP contribution in [0.3, 0.4) is 0 Å². The molecule has 0 spiro atoms. The van der Waals surface area contributed by atoms with E-state index in [0.717, 1.165) is 29.5 Å². The Bertz CT molecular complexity index is 774. The predicted molar refractivity (Wildman–Crippen MR) is 127 cm³/mol. The number of carboxylic acid groups (broad SMARTS) is 1. The van der Waals surface area contributed by atoms with Gasteiger partial charge in [-0.15, -0.1) is 0 Å². The third-order valence-corrected chi connectivity index (χ3v) is 6.26. The van der Waals surface area contributed by atoms with Gasteiger partial charge in [0.25, 0.3) is 5.91 Å². The van der Waals surface area contributed by atoms with Gasteiger partial charge in [-0.25, -0.2) is 4.79 Å². The first-order valence-electron chi connectivity index (χ1n) is 10.6. The number of carbonyl (C=O) groups excluding carboxylic acids is 1. The van der Waals surface area contributed by atoms with Gasteiger partial charge in [-0.2, -0.15) is 0 Å². The first-order chi connectivity index (χ1) is 14.3. The number of nitrogens with zero attached hydrogens (tertiary/aromatic N) is 1. The molecular weight excluding hydrogens is 418 g/mol. The number of rotatable bonds is 12. The number of hydrogen-bond acceptors (Lipinski definition) is 5. The summed E-state index contributed by atoms with van der Waals surface area (Å²) in [6.45, 7) is 6.46. The number of thioether (sulfide) groups is 1. The van der Waals surface area contributed by atoms with Crippen LogP contribution in [-0.2, 0) is 9.59 Å². The average molecular weight is 450 g/mol. The van der Waals surface area contributed by atoms with E-state index in [2.05, 4.69) is 6.92 Å². The van der Waals surface area contributed by atoms with E-state index in [0.29, 0.717) is 11.5 Å². The third-order valence-electron chi connectivity index (χ3n) is 4.93. The highest BCUT2D eigenvalue weighted by Crippen LogP contribution is 2.35. The van der Waals surface area contributed by atoms with E-state index in [1.165, 1.54) is 37.0 Å². The van der Waals surface area contributed by atoms with Gasteiger partial charge in [0.05, 0.1) is 11.5 Å². The van der Waals surface area contributed by atoms with Gasteiger partial charge >= 0.3 is 5.97 Å². The number of ether oxygens (including phenoxy) is 1. The lowest BCUT2D eigenvalue weighted by atomic mass is 10.0. The summed E-state index contributed by atoms with van der Waals surface area (Å²) in [5, 5.41) is 9.49. The molecule has 1 aliphatic rings. The van der Waals surface area contributed by atoms with Crippen LogP contribution in [0.2, 0.25) is 0 Å². The zero-order valence-corrected chi connectivity index (χ0v) is 19.6. The molecule has 1 heterocycles. The van der Waals surface area contributed by atoms with Crippen molar-refractivity contribution >= 4 is 46.3 Å². The number of amides is 1. The Balaban J connectivity index is 1.93. The van der Waals surface area contributed by atoms with E-state index in [-0.39, 0.29) is 16.1 Å². The van der Waals surface area contributed by atoms with Crippen molar-refractivity contribution in [2.45, 2.75) is 65.3 Å². The number of hydrogen-bond donors (Lipinski definition) is 1. The normalized spacial score (nSPS) is 16.5. The van der Waals surface area contributed by atoms with Crippen LogP contribution in [0.15, 0.2) is 29.2 Å². The van der Waals surface area contributed by atoms with Crippen LogP contribution in [0, 0.1) is 5.92 Å². The Labute approximate surface area is 188 Å². The summed E-state index contributed by atoms with van der Waals surface area (Å²) in [5.41, 5.74) is 0.846. The second kappa shape index (κ2) is 12.1. The minimum Gasteiger partial charge on any atom is -0.494 e. The molecule has 164 valence electrons. The van der Waals surface area contributed by atoms with Gasteiger partial charge in [0.15, 0.2) is 0 Å². The smallest absolute Gasteiger partial charge is 0.327 e. The van der Waals surface area contributed by atoms with Crippen LogP contribution >= 0.6 is 24.0 Å². The lowest BCUT2D eigenvalue weighted by molar-refractivity contribution is -0.146. The summed E-state index contributed by atoms with van der Waals surface area (Å²) < 4.78 is 6.07. The Kier molecular flexibility index (Phi) is 9.85. The second-order valence-corrected chi connectivity index (χ2v) is 9.44. The Morgan fingerprint density at radius 3 is 2.40 bits per heavy atom. The Morgan fingerprint density at radius 2 is 1.80 bits per heavy atom. The van der Waals surface area contributed by atoms with Crippen molar-refractivity contribution in [2.75, 3.05) is 6.61 Å². The summed E-state index contributed by atoms with van der Waals surface area (Å²) in [7, 11) is 0. The van der Waals surface area contributed by atoms with Crippen molar-refractivity contribution in [3.05, 3.63) is 34.7 Å². The molecule has 1 aromatic rings. The molecule has 30 heavy (non-hydrogen) atoms. The van der Waals surface area contributed by atoms with E-state index in [4.69, 9.17) is 17.0 Å². The van der Waals surface area contributed by atoms with Crippen molar-refractivity contribution in [3.63, 3.8) is 0 Å². The van der Waals surface area contributed by atoms with Crippen LogP contribution in [-0.4, -0.2) is 38.9 Å². The topological polar surface area (TPSA) is 66.8 Å². The molecule has 5 nitrogen and oxygen atoms in total. The van der Waals surface area contributed by atoms with Crippen molar-refractivity contribution < 1.29 is 19.4 Å². The molecule has 1 saturated heterocycles. The highest BCUT2D eigenvalue weighted by atomic mass is 32.2. The molecule has 0 bridgehead atoms. The first kappa shape index (κ1) is 24.4. The molecule has 0 aromatic heterocycles. The first-order valence-corrected chi connectivity index (χ1v) is 11.8. The highest BCUT2D eigenvalue weighted by molar-refractivity contribution is 8.26. The Hall–Kier alpha value is -1.86. The van der Waals surface area contributed by atoms with Crippen molar-refractivity contribution in [3.8, 4) is 5.75 Å². The second-order valence-electron chi connectivity index (χ2n) is 7.76. The fraction of sp³-hybridized carbons (Fsp3) is 0.522. The molecule has 7 heteroatoms.